The van der Waals surface area contributed by atoms with E-state index in [4.69, 9.17) is 4.74 Å². The molecule has 1 heterocycles. The maximum Gasteiger partial charge on any atom is 0.339 e. The van der Waals surface area contributed by atoms with Crippen LogP contribution in [0.2, 0.25) is 0 Å². The molecule has 0 bridgehead atoms. The fraction of sp³-hybridized carbons (Fsp3) is 0.143. The predicted octanol–water partition coefficient (Wildman–Crippen LogP) is 3.22. The Morgan fingerprint density at radius 1 is 1.28 bits per heavy atom. The first-order chi connectivity index (χ1) is 8.72. The van der Waals surface area contributed by atoms with Crippen molar-refractivity contribution in [3.05, 3.63) is 63.9 Å². The van der Waals surface area contributed by atoms with Crippen LogP contribution in [0.25, 0.3) is 0 Å². The van der Waals surface area contributed by atoms with Gasteiger partial charge in [0.2, 0.25) is 0 Å². The summed E-state index contributed by atoms with van der Waals surface area (Å²) in [6.07, 6.45) is 3.88. The van der Waals surface area contributed by atoms with Crippen molar-refractivity contribution in [1.82, 2.24) is 4.98 Å². The Kier molecular flexibility index (Phi) is 4.10. The number of rotatable bonds is 3. The molecule has 2 aromatic rings. The van der Waals surface area contributed by atoms with Crippen LogP contribution in [0.1, 0.15) is 21.5 Å². The lowest BCUT2D eigenvalue weighted by atomic mass is 10.0. The quantitative estimate of drug-likeness (QED) is 0.817. The molecule has 0 fully saturated rings. The molecule has 92 valence electrons. The van der Waals surface area contributed by atoms with Gasteiger partial charge < -0.3 is 4.74 Å². The normalized spacial score (nSPS) is 10.1. The third-order valence-electron chi connectivity index (χ3n) is 2.66. The zero-order valence-electron chi connectivity index (χ0n) is 9.89. The van der Waals surface area contributed by atoms with Crippen molar-refractivity contribution in [2.45, 2.75) is 6.42 Å². The smallest absolute Gasteiger partial charge is 0.339 e. The van der Waals surface area contributed by atoms with Gasteiger partial charge in [0.15, 0.2) is 0 Å². The number of nitrogens with zero attached hydrogens (tertiary/aromatic N) is 1. The second kappa shape index (κ2) is 5.78. The van der Waals surface area contributed by atoms with Gasteiger partial charge in [0, 0.05) is 16.9 Å². The molecule has 0 radical (unpaired) electrons. The van der Waals surface area contributed by atoms with E-state index in [-0.39, 0.29) is 5.97 Å². The van der Waals surface area contributed by atoms with Gasteiger partial charge in [-0.3, -0.25) is 4.98 Å². The fourth-order valence-electron chi connectivity index (χ4n) is 1.72. The molecular weight excluding hydrogens is 294 g/mol. The van der Waals surface area contributed by atoms with Crippen LogP contribution in [-0.2, 0) is 11.2 Å². The zero-order chi connectivity index (χ0) is 13.0. The summed E-state index contributed by atoms with van der Waals surface area (Å²) < 4.78 is 5.78. The van der Waals surface area contributed by atoms with Crippen LogP contribution in [-0.4, -0.2) is 18.1 Å². The summed E-state index contributed by atoms with van der Waals surface area (Å²) in [5.74, 6) is -0.356. The Labute approximate surface area is 114 Å². The van der Waals surface area contributed by atoms with Crippen molar-refractivity contribution in [2.75, 3.05) is 7.11 Å². The molecular formula is C14H12BrNO2. The van der Waals surface area contributed by atoms with E-state index in [2.05, 4.69) is 20.9 Å². The third-order valence-corrected chi connectivity index (χ3v) is 3.43. The standard InChI is InChI=1S/C14H12BrNO2/c1-18-14(17)12-9-16-7-6-10(12)8-11-4-2-3-5-13(11)15/h2-7,9H,8H2,1H3. The van der Waals surface area contributed by atoms with Crippen LogP contribution in [0.5, 0.6) is 0 Å². The number of carbonyl (C=O) groups is 1. The number of methoxy groups -OCH3 is 1. The highest BCUT2D eigenvalue weighted by molar-refractivity contribution is 9.10. The average Bonchev–Trinajstić information content (AvgIpc) is 2.41. The highest BCUT2D eigenvalue weighted by Gasteiger charge is 2.12. The molecule has 0 amide bonds. The molecule has 0 unspecified atom stereocenters. The van der Waals surface area contributed by atoms with Gasteiger partial charge in [0.05, 0.1) is 12.7 Å². The van der Waals surface area contributed by atoms with Crippen LogP contribution in [0.4, 0.5) is 0 Å². The minimum Gasteiger partial charge on any atom is -0.465 e. The number of pyridine rings is 1. The van der Waals surface area contributed by atoms with Gasteiger partial charge in [-0.1, -0.05) is 34.1 Å². The zero-order valence-corrected chi connectivity index (χ0v) is 11.5. The number of halogens is 1. The molecule has 0 saturated heterocycles. The fourth-order valence-corrected chi connectivity index (χ4v) is 2.14. The molecule has 2 rings (SSSR count). The Bertz CT molecular complexity index is 569. The first-order valence-electron chi connectivity index (χ1n) is 5.47. The Hall–Kier alpha value is -1.68. The van der Waals surface area contributed by atoms with Gasteiger partial charge >= 0.3 is 5.97 Å². The largest absolute Gasteiger partial charge is 0.465 e. The van der Waals surface area contributed by atoms with Gasteiger partial charge in [-0.25, -0.2) is 4.79 Å². The van der Waals surface area contributed by atoms with E-state index in [1.54, 1.807) is 6.20 Å². The van der Waals surface area contributed by atoms with Crippen molar-refractivity contribution < 1.29 is 9.53 Å². The lowest BCUT2D eigenvalue weighted by Gasteiger charge is -2.08. The molecule has 0 atom stereocenters. The molecule has 4 heteroatoms. The van der Waals surface area contributed by atoms with E-state index < -0.39 is 0 Å². The number of ether oxygens (including phenoxy) is 1. The molecule has 0 aliphatic carbocycles. The van der Waals surface area contributed by atoms with Gasteiger partial charge in [-0.2, -0.15) is 0 Å². The van der Waals surface area contributed by atoms with E-state index >= 15 is 0 Å². The van der Waals surface area contributed by atoms with Crippen LogP contribution >= 0.6 is 15.9 Å². The summed E-state index contributed by atoms with van der Waals surface area (Å²) in [5, 5.41) is 0. The SMILES string of the molecule is COC(=O)c1cnccc1Cc1ccccc1Br. The molecule has 3 nitrogen and oxygen atoms in total. The monoisotopic (exact) mass is 305 g/mol. The van der Waals surface area contributed by atoms with Gasteiger partial charge in [-0.05, 0) is 29.7 Å². The Morgan fingerprint density at radius 2 is 2.06 bits per heavy atom. The molecule has 1 aromatic carbocycles. The minimum atomic E-state index is -0.356. The van der Waals surface area contributed by atoms with E-state index in [9.17, 15) is 4.79 Å². The summed E-state index contributed by atoms with van der Waals surface area (Å²) in [6.45, 7) is 0. The maximum absolute atomic E-state index is 11.6. The predicted molar refractivity (Wildman–Crippen MR) is 72.5 cm³/mol. The lowest BCUT2D eigenvalue weighted by molar-refractivity contribution is 0.0599. The summed E-state index contributed by atoms with van der Waals surface area (Å²) in [4.78, 5) is 15.6. The van der Waals surface area contributed by atoms with Crippen molar-refractivity contribution >= 4 is 21.9 Å². The van der Waals surface area contributed by atoms with Crippen molar-refractivity contribution in [3.8, 4) is 0 Å². The molecule has 0 aliphatic heterocycles. The highest BCUT2D eigenvalue weighted by atomic mass is 79.9. The molecule has 1 aromatic heterocycles. The van der Waals surface area contributed by atoms with Crippen molar-refractivity contribution in [3.63, 3.8) is 0 Å². The summed E-state index contributed by atoms with van der Waals surface area (Å²) in [7, 11) is 1.37. The Balaban J connectivity index is 2.35. The molecule has 0 aliphatic rings. The number of hydrogen-bond acceptors (Lipinski definition) is 3. The second-order valence-corrected chi connectivity index (χ2v) is 4.65. The molecule has 0 saturated carbocycles. The van der Waals surface area contributed by atoms with E-state index in [1.807, 2.05) is 30.3 Å². The number of benzene rings is 1. The van der Waals surface area contributed by atoms with E-state index in [0.717, 1.165) is 15.6 Å². The Morgan fingerprint density at radius 3 is 2.78 bits per heavy atom. The van der Waals surface area contributed by atoms with Crippen molar-refractivity contribution in [1.29, 1.82) is 0 Å². The van der Waals surface area contributed by atoms with Gasteiger partial charge in [-0.15, -0.1) is 0 Å². The summed E-state index contributed by atoms with van der Waals surface area (Å²) >= 11 is 3.50. The van der Waals surface area contributed by atoms with Gasteiger partial charge in [0.1, 0.15) is 0 Å². The average molecular weight is 306 g/mol. The second-order valence-electron chi connectivity index (χ2n) is 3.79. The number of carbonyl (C=O) groups excluding carboxylic acids is 1. The number of hydrogen-bond donors (Lipinski definition) is 0. The van der Waals surface area contributed by atoms with Crippen LogP contribution in [0.3, 0.4) is 0 Å². The topological polar surface area (TPSA) is 39.2 Å². The number of esters is 1. The van der Waals surface area contributed by atoms with E-state index in [1.165, 1.54) is 13.3 Å². The molecule has 0 N–H and O–H groups in total. The van der Waals surface area contributed by atoms with Gasteiger partial charge in [0.25, 0.3) is 0 Å². The first-order valence-corrected chi connectivity index (χ1v) is 6.26. The lowest BCUT2D eigenvalue weighted by Crippen LogP contribution is -2.07. The van der Waals surface area contributed by atoms with Crippen molar-refractivity contribution in [2.24, 2.45) is 0 Å². The van der Waals surface area contributed by atoms with Crippen LogP contribution in [0, 0.1) is 0 Å². The minimum absolute atomic E-state index is 0.356. The molecule has 0 spiro atoms. The third kappa shape index (κ3) is 2.76. The van der Waals surface area contributed by atoms with Crippen LogP contribution in [0.15, 0.2) is 47.2 Å². The summed E-state index contributed by atoms with van der Waals surface area (Å²) in [6, 6.07) is 9.77. The maximum atomic E-state index is 11.6. The van der Waals surface area contributed by atoms with Crippen LogP contribution < -0.4 is 0 Å². The van der Waals surface area contributed by atoms with E-state index in [0.29, 0.717) is 12.0 Å². The molecule has 18 heavy (non-hydrogen) atoms. The highest BCUT2D eigenvalue weighted by Crippen LogP contribution is 2.21. The summed E-state index contributed by atoms with van der Waals surface area (Å²) in [5.41, 5.74) is 2.54. The first kappa shape index (κ1) is 12.8. The number of aromatic nitrogens is 1.